The minimum atomic E-state index is -0.546. The van der Waals surface area contributed by atoms with Crippen LogP contribution in [0.15, 0.2) is 82.4 Å². The predicted molar refractivity (Wildman–Crippen MR) is 136 cm³/mol. The Morgan fingerprint density at radius 3 is 2.29 bits per heavy atom. The maximum Gasteiger partial charge on any atom is 0.331 e. The number of phenolic OH excluding ortho intramolecular Hbond substituents is 1. The van der Waals surface area contributed by atoms with Gasteiger partial charge in [-0.05, 0) is 59.5 Å². The van der Waals surface area contributed by atoms with Crippen LogP contribution < -0.4 is 11.2 Å². The summed E-state index contributed by atoms with van der Waals surface area (Å²) in [5.41, 5.74) is 2.11. The molecule has 0 saturated carbocycles. The highest BCUT2D eigenvalue weighted by atomic mass is 35.5. The Morgan fingerprint density at radius 2 is 1.60 bits per heavy atom. The molecule has 4 rings (SSSR count). The summed E-state index contributed by atoms with van der Waals surface area (Å²) in [6, 6.07) is 18.8. The zero-order valence-electron chi connectivity index (χ0n) is 18.7. The first-order valence-corrected chi connectivity index (χ1v) is 11.3. The maximum atomic E-state index is 13.4. The number of ketones is 1. The third-order valence-electron chi connectivity index (χ3n) is 5.69. The van der Waals surface area contributed by atoms with E-state index in [-0.39, 0.29) is 24.4 Å². The standard InChI is InChI=1S/C27H23ClN2O5/c28-21-8-12-24-25(15-21)30(16-20-3-1-18(2-4-20)7-11-23(33)17-31)27(35)29(26(24)34)14-13-19-5-9-22(32)10-6-19/h1-12,15,31-32H,13-14,16-17H2/b11-7+. The Balaban J connectivity index is 1.70. The number of hydrogen-bond donors (Lipinski definition) is 2. The first-order chi connectivity index (χ1) is 16.9. The lowest BCUT2D eigenvalue weighted by molar-refractivity contribution is -0.117. The predicted octanol–water partition coefficient (Wildman–Crippen LogP) is 3.39. The Bertz CT molecular complexity index is 1520. The van der Waals surface area contributed by atoms with E-state index < -0.39 is 18.1 Å². The van der Waals surface area contributed by atoms with Gasteiger partial charge in [0.25, 0.3) is 5.56 Å². The van der Waals surface area contributed by atoms with E-state index in [2.05, 4.69) is 0 Å². The van der Waals surface area contributed by atoms with Gasteiger partial charge < -0.3 is 10.2 Å². The molecule has 0 aliphatic heterocycles. The fourth-order valence-electron chi connectivity index (χ4n) is 3.80. The Morgan fingerprint density at radius 1 is 0.914 bits per heavy atom. The highest BCUT2D eigenvalue weighted by molar-refractivity contribution is 6.31. The summed E-state index contributed by atoms with van der Waals surface area (Å²) in [6.07, 6.45) is 3.36. The third kappa shape index (κ3) is 5.59. The van der Waals surface area contributed by atoms with E-state index >= 15 is 0 Å². The molecule has 4 aromatic rings. The molecule has 0 unspecified atom stereocenters. The Kier molecular flexibility index (Phi) is 7.29. The van der Waals surface area contributed by atoms with E-state index in [1.807, 2.05) is 12.1 Å². The van der Waals surface area contributed by atoms with Crippen LogP contribution in [0.1, 0.15) is 16.7 Å². The van der Waals surface area contributed by atoms with Gasteiger partial charge in [0.05, 0.1) is 17.4 Å². The van der Waals surface area contributed by atoms with Crippen LogP contribution in [0, 0.1) is 0 Å². The summed E-state index contributed by atoms with van der Waals surface area (Å²) < 4.78 is 2.75. The molecular formula is C27H23ClN2O5. The number of phenols is 1. The van der Waals surface area contributed by atoms with Gasteiger partial charge in [-0.3, -0.25) is 18.7 Å². The smallest absolute Gasteiger partial charge is 0.331 e. The van der Waals surface area contributed by atoms with Crippen LogP contribution in [0.3, 0.4) is 0 Å². The van der Waals surface area contributed by atoms with Gasteiger partial charge in [0.15, 0.2) is 5.78 Å². The van der Waals surface area contributed by atoms with Gasteiger partial charge in [0.1, 0.15) is 12.4 Å². The van der Waals surface area contributed by atoms with Crippen molar-refractivity contribution in [3.05, 3.63) is 115 Å². The molecule has 0 aliphatic rings. The Hall–Kier alpha value is -3.94. The lowest BCUT2D eigenvalue weighted by atomic mass is 10.1. The molecule has 8 heteroatoms. The molecule has 0 spiro atoms. The molecule has 2 N–H and O–H groups in total. The summed E-state index contributed by atoms with van der Waals surface area (Å²) in [4.78, 5) is 37.9. The molecule has 0 atom stereocenters. The van der Waals surface area contributed by atoms with Crippen LogP contribution >= 0.6 is 11.6 Å². The van der Waals surface area contributed by atoms with Crippen LogP contribution in [-0.4, -0.2) is 31.7 Å². The van der Waals surface area contributed by atoms with Gasteiger partial charge in [0, 0.05) is 11.6 Å². The summed E-state index contributed by atoms with van der Waals surface area (Å²) in [5.74, 6) is -0.240. The van der Waals surface area contributed by atoms with Gasteiger partial charge >= 0.3 is 5.69 Å². The molecule has 0 bridgehead atoms. The molecule has 0 aliphatic carbocycles. The van der Waals surface area contributed by atoms with Gasteiger partial charge in [-0.2, -0.15) is 0 Å². The zero-order valence-corrected chi connectivity index (χ0v) is 19.5. The van der Waals surface area contributed by atoms with Crippen LogP contribution in [0.25, 0.3) is 17.0 Å². The molecule has 1 aromatic heterocycles. The fourth-order valence-corrected chi connectivity index (χ4v) is 3.97. The van der Waals surface area contributed by atoms with Crippen molar-refractivity contribution in [2.45, 2.75) is 19.5 Å². The van der Waals surface area contributed by atoms with Crippen molar-refractivity contribution < 1.29 is 15.0 Å². The van der Waals surface area contributed by atoms with Crippen LogP contribution in [0.5, 0.6) is 5.75 Å². The normalized spacial score (nSPS) is 11.4. The number of aliphatic hydroxyl groups is 1. The monoisotopic (exact) mass is 490 g/mol. The number of aryl methyl sites for hydroxylation is 1. The fraction of sp³-hybridized carbons (Fsp3) is 0.148. The average Bonchev–Trinajstić information content (AvgIpc) is 2.86. The van der Waals surface area contributed by atoms with E-state index in [1.165, 1.54) is 15.2 Å². The number of aliphatic hydroxyl groups excluding tert-OH is 1. The van der Waals surface area contributed by atoms with Gasteiger partial charge in [-0.1, -0.05) is 54.1 Å². The number of carbonyl (C=O) groups excluding carboxylic acids is 1. The second-order valence-electron chi connectivity index (χ2n) is 8.10. The second kappa shape index (κ2) is 10.5. The Labute approximate surface area is 205 Å². The summed E-state index contributed by atoms with van der Waals surface area (Å²) in [6.45, 7) is -0.145. The molecule has 0 fully saturated rings. The summed E-state index contributed by atoms with van der Waals surface area (Å²) in [5, 5.41) is 19.1. The number of fused-ring (bicyclic) bond motifs is 1. The molecular weight excluding hydrogens is 468 g/mol. The van der Waals surface area contributed by atoms with Crippen molar-refractivity contribution in [3.8, 4) is 5.75 Å². The van der Waals surface area contributed by atoms with Crippen molar-refractivity contribution in [1.29, 1.82) is 0 Å². The molecule has 0 radical (unpaired) electrons. The van der Waals surface area contributed by atoms with Gasteiger partial charge in [-0.25, -0.2) is 4.79 Å². The van der Waals surface area contributed by atoms with Crippen LogP contribution in [0.2, 0.25) is 5.02 Å². The van der Waals surface area contributed by atoms with Gasteiger partial charge in [0.2, 0.25) is 0 Å². The molecule has 35 heavy (non-hydrogen) atoms. The molecule has 3 aromatic carbocycles. The summed E-state index contributed by atoms with van der Waals surface area (Å²) in [7, 11) is 0. The number of aromatic hydroxyl groups is 1. The first kappa shape index (κ1) is 24.2. The van der Waals surface area contributed by atoms with Crippen molar-refractivity contribution in [2.24, 2.45) is 0 Å². The lowest BCUT2D eigenvalue weighted by Crippen LogP contribution is -2.40. The quantitative estimate of drug-likeness (QED) is 0.369. The molecule has 178 valence electrons. The lowest BCUT2D eigenvalue weighted by Gasteiger charge is -2.15. The van der Waals surface area contributed by atoms with E-state index in [9.17, 15) is 19.5 Å². The first-order valence-electron chi connectivity index (χ1n) is 11.0. The molecule has 1 heterocycles. The van der Waals surface area contributed by atoms with E-state index in [1.54, 1.807) is 60.7 Å². The average molecular weight is 491 g/mol. The molecule has 0 saturated heterocycles. The van der Waals surface area contributed by atoms with Crippen LogP contribution in [-0.2, 0) is 24.3 Å². The van der Waals surface area contributed by atoms with E-state index in [0.29, 0.717) is 22.3 Å². The molecule has 0 amide bonds. The number of rotatable bonds is 8. The number of nitrogens with zero attached hydrogens (tertiary/aromatic N) is 2. The SMILES string of the molecule is O=C(/C=C/c1ccc(Cn2c(=O)n(CCc3ccc(O)cc3)c(=O)c3ccc(Cl)cc32)cc1)CO. The van der Waals surface area contributed by atoms with Crippen molar-refractivity contribution in [3.63, 3.8) is 0 Å². The van der Waals surface area contributed by atoms with E-state index in [4.69, 9.17) is 16.7 Å². The van der Waals surface area contributed by atoms with Crippen molar-refractivity contribution >= 4 is 34.4 Å². The largest absolute Gasteiger partial charge is 0.508 e. The summed E-state index contributed by atoms with van der Waals surface area (Å²) >= 11 is 6.19. The number of halogens is 1. The number of hydrogen-bond acceptors (Lipinski definition) is 5. The van der Waals surface area contributed by atoms with Gasteiger partial charge in [-0.15, -0.1) is 0 Å². The highest BCUT2D eigenvalue weighted by Crippen LogP contribution is 2.18. The van der Waals surface area contributed by atoms with Crippen LogP contribution in [0.4, 0.5) is 0 Å². The minimum Gasteiger partial charge on any atom is -0.508 e. The number of benzene rings is 3. The second-order valence-corrected chi connectivity index (χ2v) is 8.54. The topological polar surface area (TPSA) is 102 Å². The number of aromatic nitrogens is 2. The van der Waals surface area contributed by atoms with Crippen molar-refractivity contribution in [2.75, 3.05) is 6.61 Å². The van der Waals surface area contributed by atoms with Crippen molar-refractivity contribution in [1.82, 2.24) is 9.13 Å². The minimum absolute atomic E-state index is 0.150. The number of carbonyl (C=O) groups is 1. The third-order valence-corrected chi connectivity index (χ3v) is 5.92. The zero-order chi connectivity index (χ0) is 24.9. The molecule has 7 nitrogen and oxygen atoms in total. The maximum absolute atomic E-state index is 13.4. The highest BCUT2D eigenvalue weighted by Gasteiger charge is 2.14. The van der Waals surface area contributed by atoms with E-state index in [0.717, 1.165) is 16.7 Å².